The van der Waals surface area contributed by atoms with Crippen molar-refractivity contribution in [2.75, 3.05) is 53.6 Å². The second kappa shape index (κ2) is 12.6. The minimum Gasteiger partial charge on any atom is -0.385 e. The number of methoxy groups -OCH3 is 2. The molecule has 0 aromatic rings. The molecule has 0 radical (unpaired) electrons. The lowest BCUT2D eigenvalue weighted by atomic mass is 10.0. The predicted molar refractivity (Wildman–Crippen MR) is 86.3 cm³/mol. The maximum atomic E-state index is 5.26. The van der Waals surface area contributed by atoms with Gasteiger partial charge in [-0.05, 0) is 24.8 Å². The normalized spacial score (nSPS) is 13.7. The Morgan fingerprint density at radius 1 is 0.900 bits per heavy atom. The topological polar surface area (TPSA) is 33.7 Å². The first kappa shape index (κ1) is 19.8. The second-order valence-corrected chi connectivity index (χ2v) is 6.24. The van der Waals surface area contributed by atoms with Gasteiger partial charge in [-0.15, -0.1) is 0 Å². The van der Waals surface area contributed by atoms with Crippen LogP contribution in [0.4, 0.5) is 0 Å². The Labute approximate surface area is 126 Å². The molecule has 0 aromatic carbocycles. The molecule has 4 heteroatoms. The third-order valence-corrected chi connectivity index (χ3v) is 3.52. The average molecular weight is 288 g/mol. The van der Waals surface area contributed by atoms with Gasteiger partial charge in [0, 0.05) is 46.5 Å². The van der Waals surface area contributed by atoms with Crippen molar-refractivity contribution >= 4 is 0 Å². The Morgan fingerprint density at radius 2 is 1.55 bits per heavy atom. The van der Waals surface area contributed by atoms with E-state index in [9.17, 15) is 0 Å². The number of hydrogen-bond acceptors (Lipinski definition) is 4. The fourth-order valence-corrected chi connectivity index (χ4v) is 2.37. The molecule has 0 heterocycles. The molecule has 1 N–H and O–H groups in total. The van der Waals surface area contributed by atoms with E-state index in [1.54, 1.807) is 14.2 Å². The highest BCUT2D eigenvalue weighted by atomic mass is 16.5. The average Bonchev–Trinajstić information content (AvgIpc) is 2.39. The van der Waals surface area contributed by atoms with E-state index in [1.807, 2.05) is 0 Å². The lowest BCUT2D eigenvalue weighted by molar-refractivity contribution is 0.0878. The summed E-state index contributed by atoms with van der Waals surface area (Å²) in [4.78, 5) is 2.54. The van der Waals surface area contributed by atoms with E-state index in [0.29, 0.717) is 17.9 Å². The number of hydrogen-bond donors (Lipinski definition) is 1. The Morgan fingerprint density at radius 3 is 2.05 bits per heavy atom. The summed E-state index contributed by atoms with van der Waals surface area (Å²) in [6.45, 7) is 14.9. The van der Waals surface area contributed by atoms with Crippen LogP contribution in [-0.2, 0) is 9.47 Å². The van der Waals surface area contributed by atoms with Crippen molar-refractivity contribution in [1.82, 2.24) is 10.2 Å². The zero-order valence-electron chi connectivity index (χ0n) is 14.4. The SMILES string of the molecule is COCCCN(CCOC)C(CNCC(C)C)C(C)C. The Balaban J connectivity index is 4.39. The van der Waals surface area contributed by atoms with Gasteiger partial charge >= 0.3 is 0 Å². The standard InChI is InChI=1S/C16H36N2O2/c1-14(2)12-17-13-16(15(3)4)18(9-11-20-6)8-7-10-19-5/h14-17H,7-13H2,1-6H3. The van der Waals surface area contributed by atoms with Gasteiger partial charge in [0.25, 0.3) is 0 Å². The van der Waals surface area contributed by atoms with Gasteiger partial charge < -0.3 is 14.8 Å². The molecule has 0 saturated carbocycles. The van der Waals surface area contributed by atoms with E-state index < -0.39 is 0 Å². The van der Waals surface area contributed by atoms with Gasteiger partial charge in [0.1, 0.15) is 0 Å². The van der Waals surface area contributed by atoms with Crippen LogP contribution in [0.15, 0.2) is 0 Å². The van der Waals surface area contributed by atoms with Crippen LogP contribution in [0.2, 0.25) is 0 Å². The highest BCUT2D eigenvalue weighted by Crippen LogP contribution is 2.11. The van der Waals surface area contributed by atoms with Crippen molar-refractivity contribution in [3.8, 4) is 0 Å². The molecule has 1 unspecified atom stereocenters. The Kier molecular flexibility index (Phi) is 12.5. The smallest absolute Gasteiger partial charge is 0.0589 e. The molecule has 122 valence electrons. The van der Waals surface area contributed by atoms with E-state index in [-0.39, 0.29) is 0 Å². The summed E-state index contributed by atoms with van der Waals surface area (Å²) < 4.78 is 10.4. The molecular formula is C16H36N2O2. The largest absolute Gasteiger partial charge is 0.385 e. The van der Waals surface area contributed by atoms with Crippen LogP contribution in [0, 0.1) is 11.8 Å². The minimum absolute atomic E-state index is 0.556. The number of nitrogens with zero attached hydrogens (tertiary/aromatic N) is 1. The number of rotatable bonds is 13. The zero-order valence-corrected chi connectivity index (χ0v) is 14.4. The zero-order chi connectivity index (χ0) is 15.4. The third-order valence-electron chi connectivity index (χ3n) is 3.52. The molecule has 1 atom stereocenters. The molecule has 0 amide bonds. The first-order valence-corrected chi connectivity index (χ1v) is 7.95. The predicted octanol–water partition coefficient (Wildman–Crippen LogP) is 2.24. The summed E-state index contributed by atoms with van der Waals surface area (Å²) in [5, 5.41) is 3.60. The van der Waals surface area contributed by atoms with Crippen LogP contribution < -0.4 is 5.32 Å². The van der Waals surface area contributed by atoms with Crippen molar-refractivity contribution in [3.05, 3.63) is 0 Å². The van der Waals surface area contributed by atoms with Gasteiger partial charge in [-0.1, -0.05) is 27.7 Å². The molecule has 4 nitrogen and oxygen atoms in total. The van der Waals surface area contributed by atoms with Crippen LogP contribution >= 0.6 is 0 Å². The van der Waals surface area contributed by atoms with E-state index in [4.69, 9.17) is 9.47 Å². The van der Waals surface area contributed by atoms with Crippen molar-refractivity contribution in [1.29, 1.82) is 0 Å². The van der Waals surface area contributed by atoms with Crippen molar-refractivity contribution in [3.63, 3.8) is 0 Å². The first-order valence-electron chi connectivity index (χ1n) is 7.95. The van der Waals surface area contributed by atoms with E-state index in [1.165, 1.54) is 0 Å². The lowest BCUT2D eigenvalue weighted by Crippen LogP contribution is -2.48. The van der Waals surface area contributed by atoms with Crippen molar-refractivity contribution < 1.29 is 9.47 Å². The quantitative estimate of drug-likeness (QED) is 0.527. The molecule has 0 aromatic heterocycles. The molecule has 0 bridgehead atoms. The highest BCUT2D eigenvalue weighted by Gasteiger charge is 2.21. The van der Waals surface area contributed by atoms with Gasteiger partial charge in [0.15, 0.2) is 0 Å². The molecule has 20 heavy (non-hydrogen) atoms. The molecular weight excluding hydrogens is 252 g/mol. The van der Waals surface area contributed by atoms with Crippen molar-refractivity contribution in [2.24, 2.45) is 11.8 Å². The van der Waals surface area contributed by atoms with Crippen LogP contribution in [0.5, 0.6) is 0 Å². The maximum absolute atomic E-state index is 5.26. The highest BCUT2D eigenvalue weighted by molar-refractivity contribution is 4.77. The summed E-state index contributed by atoms with van der Waals surface area (Å²) in [7, 11) is 3.54. The van der Waals surface area contributed by atoms with Crippen LogP contribution in [0.1, 0.15) is 34.1 Å². The summed E-state index contributed by atoms with van der Waals surface area (Å²) >= 11 is 0. The number of ether oxygens (including phenoxy) is 2. The fraction of sp³-hybridized carbons (Fsp3) is 1.00. The monoisotopic (exact) mass is 288 g/mol. The molecule has 0 spiro atoms. The van der Waals surface area contributed by atoms with Gasteiger partial charge in [0.2, 0.25) is 0 Å². The van der Waals surface area contributed by atoms with Gasteiger partial charge in [-0.2, -0.15) is 0 Å². The van der Waals surface area contributed by atoms with Crippen LogP contribution in [-0.4, -0.2) is 64.6 Å². The van der Waals surface area contributed by atoms with Crippen LogP contribution in [0.25, 0.3) is 0 Å². The van der Waals surface area contributed by atoms with E-state index >= 15 is 0 Å². The lowest BCUT2D eigenvalue weighted by Gasteiger charge is -2.35. The third kappa shape index (κ3) is 9.70. The van der Waals surface area contributed by atoms with Gasteiger partial charge in [-0.25, -0.2) is 0 Å². The summed E-state index contributed by atoms with van der Waals surface area (Å²) in [6.07, 6.45) is 1.08. The molecule has 0 saturated heterocycles. The fourth-order valence-electron chi connectivity index (χ4n) is 2.37. The minimum atomic E-state index is 0.556. The molecule has 0 rings (SSSR count). The molecule has 0 aliphatic heterocycles. The summed E-state index contributed by atoms with van der Waals surface area (Å²) in [6, 6.07) is 0.556. The Hall–Kier alpha value is -0.160. The number of nitrogens with one attached hydrogen (secondary N) is 1. The Bertz CT molecular complexity index is 211. The molecule has 0 fully saturated rings. The summed E-state index contributed by atoms with van der Waals surface area (Å²) in [5.41, 5.74) is 0. The van der Waals surface area contributed by atoms with Crippen molar-refractivity contribution in [2.45, 2.75) is 40.2 Å². The van der Waals surface area contributed by atoms with E-state index in [0.717, 1.165) is 45.8 Å². The summed E-state index contributed by atoms with van der Waals surface area (Å²) in [5.74, 6) is 1.33. The van der Waals surface area contributed by atoms with Gasteiger partial charge in [0.05, 0.1) is 6.61 Å². The second-order valence-electron chi connectivity index (χ2n) is 6.24. The first-order chi connectivity index (χ1) is 9.52. The molecule has 0 aliphatic carbocycles. The molecule has 0 aliphatic rings. The van der Waals surface area contributed by atoms with Gasteiger partial charge in [-0.3, -0.25) is 4.90 Å². The van der Waals surface area contributed by atoms with Crippen LogP contribution in [0.3, 0.4) is 0 Å². The maximum Gasteiger partial charge on any atom is 0.0589 e. The van der Waals surface area contributed by atoms with E-state index in [2.05, 4.69) is 37.9 Å².